The SMILES string of the molecule is CCOC(=O)c1ccc(NC(=S)NCc2ccc(Cl)cc2Cl)cc1. The number of rotatable bonds is 5. The largest absolute Gasteiger partial charge is 0.462 e. The van der Waals surface area contributed by atoms with Gasteiger partial charge in [0.05, 0.1) is 12.2 Å². The quantitative estimate of drug-likeness (QED) is 0.581. The molecule has 2 rings (SSSR count). The fraction of sp³-hybridized carbons (Fsp3) is 0.176. The van der Waals surface area contributed by atoms with Gasteiger partial charge in [-0.05, 0) is 61.1 Å². The highest BCUT2D eigenvalue weighted by Crippen LogP contribution is 2.20. The first kappa shape index (κ1) is 18.5. The molecule has 4 nitrogen and oxygen atoms in total. The number of benzene rings is 2. The van der Waals surface area contributed by atoms with E-state index < -0.39 is 0 Å². The zero-order valence-corrected chi connectivity index (χ0v) is 15.3. The second kappa shape index (κ2) is 8.87. The van der Waals surface area contributed by atoms with Gasteiger partial charge in [0.2, 0.25) is 0 Å². The van der Waals surface area contributed by atoms with Gasteiger partial charge in [0.25, 0.3) is 0 Å². The van der Waals surface area contributed by atoms with E-state index in [1.54, 1.807) is 43.3 Å². The molecule has 0 radical (unpaired) electrons. The summed E-state index contributed by atoms with van der Waals surface area (Å²) in [6.07, 6.45) is 0. The van der Waals surface area contributed by atoms with E-state index in [4.69, 9.17) is 40.2 Å². The van der Waals surface area contributed by atoms with Crippen molar-refractivity contribution in [3.05, 3.63) is 63.6 Å². The number of hydrogen-bond donors (Lipinski definition) is 2. The lowest BCUT2D eigenvalue weighted by atomic mass is 10.2. The van der Waals surface area contributed by atoms with Gasteiger partial charge in [0.1, 0.15) is 0 Å². The summed E-state index contributed by atoms with van der Waals surface area (Å²) in [4.78, 5) is 11.6. The number of ether oxygens (including phenoxy) is 1. The van der Waals surface area contributed by atoms with Crippen molar-refractivity contribution in [3.63, 3.8) is 0 Å². The third kappa shape index (κ3) is 5.37. The van der Waals surface area contributed by atoms with Gasteiger partial charge in [-0.15, -0.1) is 0 Å². The molecule has 0 aliphatic rings. The normalized spacial score (nSPS) is 10.1. The van der Waals surface area contributed by atoms with Crippen molar-refractivity contribution in [3.8, 4) is 0 Å². The Kier molecular flexibility index (Phi) is 6.85. The van der Waals surface area contributed by atoms with Gasteiger partial charge in [0, 0.05) is 22.3 Å². The van der Waals surface area contributed by atoms with Gasteiger partial charge < -0.3 is 15.4 Å². The van der Waals surface area contributed by atoms with Gasteiger partial charge >= 0.3 is 5.97 Å². The van der Waals surface area contributed by atoms with Crippen molar-refractivity contribution < 1.29 is 9.53 Å². The van der Waals surface area contributed by atoms with E-state index in [1.165, 1.54) is 0 Å². The Balaban J connectivity index is 1.89. The molecule has 0 bridgehead atoms. The van der Waals surface area contributed by atoms with Crippen molar-refractivity contribution in [1.82, 2.24) is 5.32 Å². The van der Waals surface area contributed by atoms with Crippen LogP contribution in [0.4, 0.5) is 5.69 Å². The average molecular weight is 383 g/mol. The van der Waals surface area contributed by atoms with Crippen LogP contribution in [0.5, 0.6) is 0 Å². The molecule has 126 valence electrons. The van der Waals surface area contributed by atoms with Crippen molar-refractivity contribution in [1.29, 1.82) is 0 Å². The monoisotopic (exact) mass is 382 g/mol. The highest BCUT2D eigenvalue weighted by molar-refractivity contribution is 7.80. The Morgan fingerprint density at radius 3 is 2.50 bits per heavy atom. The molecule has 0 atom stereocenters. The molecule has 0 saturated carbocycles. The summed E-state index contributed by atoms with van der Waals surface area (Å²) < 4.78 is 4.94. The Bertz CT molecular complexity index is 736. The van der Waals surface area contributed by atoms with Crippen molar-refractivity contribution in [2.75, 3.05) is 11.9 Å². The molecule has 0 unspecified atom stereocenters. The first-order valence-electron chi connectivity index (χ1n) is 7.25. The summed E-state index contributed by atoms with van der Waals surface area (Å²) in [5.41, 5.74) is 2.15. The van der Waals surface area contributed by atoms with Gasteiger partial charge in [0.15, 0.2) is 5.11 Å². The fourth-order valence-corrected chi connectivity index (χ4v) is 2.59. The Labute approximate surface area is 156 Å². The summed E-state index contributed by atoms with van der Waals surface area (Å²) in [5.74, 6) is -0.345. The van der Waals surface area contributed by atoms with Gasteiger partial charge in [-0.2, -0.15) is 0 Å². The summed E-state index contributed by atoms with van der Waals surface area (Å²) in [5, 5.41) is 7.72. The summed E-state index contributed by atoms with van der Waals surface area (Å²) in [6.45, 7) is 2.59. The summed E-state index contributed by atoms with van der Waals surface area (Å²) >= 11 is 17.2. The number of carbonyl (C=O) groups is 1. The van der Waals surface area contributed by atoms with Crippen LogP contribution in [0, 0.1) is 0 Å². The lowest BCUT2D eigenvalue weighted by Crippen LogP contribution is -2.28. The van der Waals surface area contributed by atoms with Gasteiger partial charge in [-0.3, -0.25) is 0 Å². The van der Waals surface area contributed by atoms with Crippen molar-refractivity contribution in [2.24, 2.45) is 0 Å². The van der Waals surface area contributed by atoms with Gasteiger partial charge in [-0.1, -0.05) is 29.3 Å². The van der Waals surface area contributed by atoms with Crippen LogP contribution in [0.15, 0.2) is 42.5 Å². The maximum Gasteiger partial charge on any atom is 0.338 e. The first-order valence-corrected chi connectivity index (χ1v) is 8.42. The number of thiocarbonyl (C=S) groups is 1. The van der Waals surface area contributed by atoms with E-state index in [0.717, 1.165) is 11.3 Å². The van der Waals surface area contributed by atoms with E-state index in [9.17, 15) is 4.79 Å². The van der Waals surface area contributed by atoms with E-state index in [2.05, 4.69) is 10.6 Å². The smallest absolute Gasteiger partial charge is 0.338 e. The van der Waals surface area contributed by atoms with Crippen LogP contribution in [0.2, 0.25) is 10.0 Å². The van der Waals surface area contributed by atoms with Crippen molar-refractivity contribution in [2.45, 2.75) is 13.5 Å². The number of esters is 1. The number of anilines is 1. The highest BCUT2D eigenvalue weighted by atomic mass is 35.5. The van der Waals surface area contributed by atoms with Crippen LogP contribution in [-0.4, -0.2) is 17.7 Å². The average Bonchev–Trinajstić information content (AvgIpc) is 2.55. The molecular formula is C17H16Cl2N2O2S. The summed E-state index contributed by atoms with van der Waals surface area (Å²) in [7, 11) is 0. The number of nitrogens with one attached hydrogen (secondary N) is 2. The molecule has 0 saturated heterocycles. The van der Waals surface area contributed by atoms with Crippen LogP contribution in [-0.2, 0) is 11.3 Å². The van der Waals surface area contributed by atoms with E-state index in [-0.39, 0.29) is 5.97 Å². The zero-order valence-electron chi connectivity index (χ0n) is 12.9. The molecule has 0 fully saturated rings. The van der Waals surface area contributed by atoms with Crippen LogP contribution < -0.4 is 10.6 Å². The second-order valence-corrected chi connectivity index (χ2v) is 6.09. The molecule has 2 aromatic rings. The zero-order chi connectivity index (χ0) is 17.5. The predicted molar refractivity (Wildman–Crippen MR) is 102 cm³/mol. The first-order chi connectivity index (χ1) is 11.5. The molecule has 2 aromatic carbocycles. The molecule has 0 aliphatic heterocycles. The van der Waals surface area contributed by atoms with E-state index in [1.807, 2.05) is 6.07 Å². The lowest BCUT2D eigenvalue weighted by molar-refractivity contribution is 0.0526. The Morgan fingerprint density at radius 2 is 1.88 bits per heavy atom. The Hall–Kier alpha value is -1.82. The molecule has 0 aliphatic carbocycles. The topological polar surface area (TPSA) is 50.4 Å². The fourth-order valence-electron chi connectivity index (χ4n) is 1.92. The van der Waals surface area contributed by atoms with Crippen LogP contribution in [0.3, 0.4) is 0 Å². The molecule has 0 amide bonds. The molecule has 0 spiro atoms. The number of halogens is 2. The molecular weight excluding hydrogens is 367 g/mol. The second-order valence-electron chi connectivity index (χ2n) is 4.84. The van der Waals surface area contributed by atoms with E-state index >= 15 is 0 Å². The number of carbonyl (C=O) groups excluding carboxylic acids is 1. The molecule has 0 heterocycles. The maximum absolute atomic E-state index is 11.6. The minimum absolute atomic E-state index is 0.345. The van der Waals surface area contributed by atoms with Crippen molar-refractivity contribution >= 4 is 52.2 Å². The van der Waals surface area contributed by atoms with Crippen LogP contribution in [0.25, 0.3) is 0 Å². The van der Waals surface area contributed by atoms with Crippen LogP contribution >= 0.6 is 35.4 Å². The number of hydrogen-bond acceptors (Lipinski definition) is 3. The minimum Gasteiger partial charge on any atom is -0.462 e. The maximum atomic E-state index is 11.6. The lowest BCUT2D eigenvalue weighted by Gasteiger charge is -2.12. The molecule has 24 heavy (non-hydrogen) atoms. The summed E-state index contributed by atoms with van der Waals surface area (Å²) in [6, 6.07) is 12.2. The van der Waals surface area contributed by atoms with Gasteiger partial charge in [-0.25, -0.2) is 4.79 Å². The molecule has 7 heteroatoms. The minimum atomic E-state index is -0.345. The standard InChI is InChI=1S/C17H16Cl2N2O2S/c1-2-23-16(22)11-4-7-14(8-5-11)21-17(24)20-10-12-3-6-13(18)9-15(12)19/h3-9H,2,10H2,1H3,(H2,20,21,24). The third-order valence-corrected chi connectivity index (χ3v) is 3.94. The predicted octanol–water partition coefficient (Wildman–Crippen LogP) is 4.66. The third-order valence-electron chi connectivity index (χ3n) is 3.11. The van der Waals surface area contributed by atoms with Crippen LogP contribution in [0.1, 0.15) is 22.8 Å². The molecule has 2 N–H and O–H groups in total. The molecule has 0 aromatic heterocycles. The Morgan fingerprint density at radius 1 is 1.17 bits per heavy atom. The van der Waals surface area contributed by atoms with E-state index in [0.29, 0.717) is 33.9 Å². The highest BCUT2D eigenvalue weighted by Gasteiger charge is 2.06.